The van der Waals surface area contributed by atoms with E-state index >= 15 is 0 Å². The van der Waals surface area contributed by atoms with Gasteiger partial charge >= 0.3 is 0 Å². The first-order valence-corrected chi connectivity index (χ1v) is 9.03. The summed E-state index contributed by atoms with van der Waals surface area (Å²) in [6, 6.07) is 17.8. The number of rotatable bonds is 4. The Bertz CT molecular complexity index is 923. The summed E-state index contributed by atoms with van der Waals surface area (Å²) in [6.45, 7) is 3.61. The minimum atomic E-state index is -0.103. The highest BCUT2D eigenvalue weighted by Crippen LogP contribution is 2.23. The predicted molar refractivity (Wildman–Crippen MR) is 99.9 cm³/mol. The molecule has 1 unspecified atom stereocenters. The van der Waals surface area contributed by atoms with Crippen molar-refractivity contribution in [1.29, 1.82) is 0 Å². The average molecular weight is 363 g/mol. The number of benzene rings is 2. The van der Waals surface area contributed by atoms with E-state index < -0.39 is 0 Å². The molecule has 1 aliphatic heterocycles. The molecule has 0 saturated carbocycles. The van der Waals surface area contributed by atoms with Gasteiger partial charge in [-0.3, -0.25) is 4.79 Å². The normalized spacial score (nSPS) is 17.1. The Morgan fingerprint density at radius 1 is 1.15 bits per heavy atom. The molecule has 1 saturated heterocycles. The van der Waals surface area contributed by atoms with Crippen LogP contribution in [0.5, 0.6) is 0 Å². The third kappa shape index (κ3) is 3.90. The van der Waals surface area contributed by atoms with Gasteiger partial charge in [-0.05, 0) is 18.1 Å². The van der Waals surface area contributed by atoms with Crippen LogP contribution in [-0.2, 0) is 16.0 Å². The Labute approximate surface area is 157 Å². The zero-order valence-electron chi connectivity index (χ0n) is 15.2. The third-order valence-corrected chi connectivity index (χ3v) is 4.75. The van der Waals surface area contributed by atoms with Crippen molar-refractivity contribution < 1.29 is 14.1 Å². The van der Waals surface area contributed by atoms with Crippen molar-refractivity contribution >= 4 is 5.91 Å². The van der Waals surface area contributed by atoms with Crippen molar-refractivity contribution in [2.75, 3.05) is 19.7 Å². The van der Waals surface area contributed by atoms with Crippen LogP contribution in [0.2, 0.25) is 0 Å². The molecule has 0 bridgehead atoms. The van der Waals surface area contributed by atoms with E-state index in [1.165, 1.54) is 0 Å². The van der Waals surface area contributed by atoms with Crippen molar-refractivity contribution in [3.63, 3.8) is 0 Å². The number of morpholine rings is 1. The molecule has 138 valence electrons. The van der Waals surface area contributed by atoms with Crippen LogP contribution in [0.4, 0.5) is 0 Å². The lowest BCUT2D eigenvalue weighted by Crippen LogP contribution is -2.43. The number of aromatic nitrogens is 2. The Hall–Kier alpha value is -2.99. The molecule has 1 atom stereocenters. The van der Waals surface area contributed by atoms with E-state index in [4.69, 9.17) is 9.26 Å². The van der Waals surface area contributed by atoms with E-state index in [1.807, 2.05) is 61.5 Å². The monoisotopic (exact) mass is 363 g/mol. The Kier molecular flexibility index (Phi) is 4.98. The summed E-state index contributed by atoms with van der Waals surface area (Å²) in [5.41, 5.74) is 3.06. The zero-order chi connectivity index (χ0) is 18.6. The molecule has 1 fully saturated rings. The average Bonchev–Trinajstić information content (AvgIpc) is 3.17. The number of hydrogen-bond acceptors (Lipinski definition) is 5. The number of amides is 1. The van der Waals surface area contributed by atoms with Gasteiger partial charge in [0, 0.05) is 12.1 Å². The summed E-state index contributed by atoms with van der Waals surface area (Å²) < 4.78 is 11.1. The van der Waals surface area contributed by atoms with Crippen LogP contribution in [0.3, 0.4) is 0 Å². The molecule has 6 nitrogen and oxygen atoms in total. The molecule has 6 heteroatoms. The highest BCUT2D eigenvalue weighted by atomic mass is 16.5. The summed E-state index contributed by atoms with van der Waals surface area (Å²) in [6.07, 6.45) is -0.00506. The second-order valence-corrected chi connectivity index (χ2v) is 6.61. The second kappa shape index (κ2) is 7.72. The zero-order valence-corrected chi connectivity index (χ0v) is 15.2. The number of nitrogens with zero attached hydrogens (tertiary/aromatic N) is 3. The van der Waals surface area contributed by atoms with Gasteiger partial charge in [0.05, 0.1) is 13.2 Å². The van der Waals surface area contributed by atoms with Crippen LogP contribution < -0.4 is 0 Å². The molecule has 4 rings (SSSR count). The van der Waals surface area contributed by atoms with Crippen molar-refractivity contribution in [3.05, 3.63) is 71.6 Å². The van der Waals surface area contributed by atoms with Gasteiger partial charge in [0.1, 0.15) is 12.5 Å². The molecule has 2 heterocycles. The van der Waals surface area contributed by atoms with Crippen LogP contribution >= 0.6 is 0 Å². The Morgan fingerprint density at radius 2 is 1.93 bits per heavy atom. The first-order valence-electron chi connectivity index (χ1n) is 9.03. The molecule has 3 aromatic rings. The minimum Gasteiger partial charge on any atom is -0.370 e. The molecule has 0 radical (unpaired) electrons. The van der Waals surface area contributed by atoms with Gasteiger partial charge in [0.15, 0.2) is 0 Å². The third-order valence-electron chi connectivity index (χ3n) is 4.75. The molecule has 1 aliphatic rings. The number of hydrogen-bond donors (Lipinski definition) is 0. The number of carbonyl (C=O) groups is 1. The lowest BCUT2D eigenvalue weighted by atomic mass is 10.1. The van der Waals surface area contributed by atoms with E-state index in [9.17, 15) is 4.79 Å². The second-order valence-electron chi connectivity index (χ2n) is 6.61. The maximum Gasteiger partial charge on any atom is 0.236 e. The van der Waals surface area contributed by atoms with Crippen molar-refractivity contribution in [2.24, 2.45) is 0 Å². The van der Waals surface area contributed by atoms with Gasteiger partial charge < -0.3 is 14.2 Å². The van der Waals surface area contributed by atoms with Gasteiger partial charge in [0.25, 0.3) is 0 Å². The maximum atomic E-state index is 12.7. The Morgan fingerprint density at radius 3 is 2.74 bits per heavy atom. The van der Waals surface area contributed by atoms with Gasteiger partial charge in [-0.25, -0.2) is 0 Å². The molecule has 0 N–H and O–H groups in total. The highest BCUT2D eigenvalue weighted by molar-refractivity contribution is 5.78. The van der Waals surface area contributed by atoms with Crippen LogP contribution in [-0.4, -0.2) is 40.6 Å². The SMILES string of the molecule is Cc1ccccc1-c1noc(CC(=O)N2CCOC(c3ccccc3)C2)n1. The fourth-order valence-electron chi connectivity index (χ4n) is 3.25. The molecular formula is C21H21N3O3. The van der Waals surface area contributed by atoms with E-state index in [1.54, 1.807) is 4.90 Å². The standard InChI is InChI=1S/C21H21N3O3/c1-15-7-5-6-10-17(15)21-22-19(27-23-21)13-20(25)24-11-12-26-18(14-24)16-8-3-2-4-9-16/h2-10,18H,11-14H2,1H3. The van der Waals surface area contributed by atoms with E-state index in [0.29, 0.717) is 31.4 Å². The largest absolute Gasteiger partial charge is 0.370 e. The first-order chi connectivity index (χ1) is 13.2. The molecule has 1 aromatic heterocycles. The summed E-state index contributed by atoms with van der Waals surface area (Å²) >= 11 is 0. The van der Waals surface area contributed by atoms with Crippen molar-refractivity contribution in [3.8, 4) is 11.4 Å². The fourth-order valence-corrected chi connectivity index (χ4v) is 3.25. The van der Waals surface area contributed by atoms with E-state index in [-0.39, 0.29) is 18.4 Å². The lowest BCUT2D eigenvalue weighted by molar-refractivity contribution is -0.138. The van der Waals surface area contributed by atoms with Crippen LogP contribution in [0, 0.1) is 6.92 Å². The topological polar surface area (TPSA) is 68.5 Å². The Balaban J connectivity index is 1.43. The number of carbonyl (C=O) groups excluding carboxylic acids is 1. The lowest BCUT2D eigenvalue weighted by Gasteiger charge is -2.33. The fraction of sp³-hybridized carbons (Fsp3) is 0.286. The van der Waals surface area contributed by atoms with E-state index in [2.05, 4.69) is 10.1 Å². The molecular weight excluding hydrogens is 342 g/mol. The smallest absolute Gasteiger partial charge is 0.236 e. The summed E-state index contributed by atoms with van der Waals surface area (Å²) in [5.74, 6) is 0.820. The summed E-state index contributed by atoms with van der Waals surface area (Å²) in [5, 5.41) is 4.03. The maximum absolute atomic E-state index is 12.7. The predicted octanol–water partition coefficient (Wildman–Crippen LogP) is 3.19. The quantitative estimate of drug-likeness (QED) is 0.712. The van der Waals surface area contributed by atoms with E-state index in [0.717, 1.165) is 16.7 Å². The van der Waals surface area contributed by atoms with Gasteiger partial charge in [-0.15, -0.1) is 0 Å². The highest BCUT2D eigenvalue weighted by Gasteiger charge is 2.26. The molecule has 2 aromatic carbocycles. The molecule has 0 spiro atoms. The minimum absolute atomic E-state index is 0.0285. The van der Waals surface area contributed by atoms with Crippen molar-refractivity contribution in [1.82, 2.24) is 15.0 Å². The van der Waals surface area contributed by atoms with Gasteiger partial charge in [-0.2, -0.15) is 4.98 Å². The first kappa shape index (κ1) is 17.4. The number of ether oxygens (including phenoxy) is 1. The van der Waals surface area contributed by atoms with Crippen LogP contribution in [0.1, 0.15) is 23.1 Å². The van der Waals surface area contributed by atoms with Crippen LogP contribution in [0.15, 0.2) is 59.1 Å². The number of aryl methyl sites for hydroxylation is 1. The van der Waals surface area contributed by atoms with Crippen LogP contribution in [0.25, 0.3) is 11.4 Å². The van der Waals surface area contributed by atoms with Crippen molar-refractivity contribution in [2.45, 2.75) is 19.4 Å². The molecule has 1 amide bonds. The summed E-state index contributed by atoms with van der Waals surface area (Å²) in [7, 11) is 0. The molecule has 27 heavy (non-hydrogen) atoms. The molecule has 0 aliphatic carbocycles. The van der Waals surface area contributed by atoms with Gasteiger partial charge in [-0.1, -0.05) is 59.8 Å². The summed E-state index contributed by atoms with van der Waals surface area (Å²) in [4.78, 5) is 18.9. The van der Waals surface area contributed by atoms with Gasteiger partial charge in [0.2, 0.25) is 17.6 Å².